The van der Waals surface area contributed by atoms with E-state index in [4.69, 9.17) is 4.74 Å². The van der Waals surface area contributed by atoms with E-state index >= 15 is 0 Å². The number of benzene rings is 1. The Balaban J connectivity index is 1.60. The van der Waals surface area contributed by atoms with E-state index in [1.807, 2.05) is 18.2 Å². The summed E-state index contributed by atoms with van der Waals surface area (Å²) >= 11 is 0. The number of alkyl halides is 1. The van der Waals surface area contributed by atoms with Crippen LogP contribution < -0.4 is 0 Å². The number of aromatic amines is 1. The SMILES string of the molecule is O=C([C@@H]1C[C@H](F)CN1C(=O)c1n[nH]c2ccccc12)N1CCOCC1. The maximum Gasteiger partial charge on any atom is 0.275 e. The molecule has 1 N–H and O–H groups in total. The van der Waals surface area contributed by atoms with Crippen molar-refractivity contribution in [3.63, 3.8) is 0 Å². The van der Waals surface area contributed by atoms with E-state index < -0.39 is 18.1 Å². The zero-order valence-electron chi connectivity index (χ0n) is 13.7. The molecule has 2 atom stereocenters. The molecule has 0 unspecified atom stereocenters. The lowest BCUT2D eigenvalue weighted by Gasteiger charge is -2.32. The first-order valence-electron chi connectivity index (χ1n) is 8.40. The van der Waals surface area contributed by atoms with Crippen LogP contribution in [0.5, 0.6) is 0 Å². The normalized spacial score (nSPS) is 24.0. The van der Waals surface area contributed by atoms with Crippen molar-refractivity contribution in [3.8, 4) is 0 Å². The van der Waals surface area contributed by atoms with Crippen LogP contribution in [0.3, 0.4) is 0 Å². The number of hydrogen-bond acceptors (Lipinski definition) is 4. The van der Waals surface area contributed by atoms with Crippen LogP contribution in [-0.2, 0) is 9.53 Å². The number of nitrogens with one attached hydrogen (secondary N) is 1. The smallest absolute Gasteiger partial charge is 0.275 e. The molecule has 2 aliphatic heterocycles. The van der Waals surface area contributed by atoms with Gasteiger partial charge in [0.2, 0.25) is 5.91 Å². The molecule has 3 heterocycles. The predicted octanol–water partition coefficient (Wildman–Crippen LogP) is 0.974. The maximum atomic E-state index is 14.0. The van der Waals surface area contributed by atoms with Crippen LogP contribution in [0.4, 0.5) is 4.39 Å². The number of rotatable bonds is 2. The average molecular weight is 346 g/mol. The highest BCUT2D eigenvalue weighted by Crippen LogP contribution is 2.26. The highest BCUT2D eigenvalue weighted by Gasteiger charge is 2.42. The number of fused-ring (bicyclic) bond motifs is 1. The quantitative estimate of drug-likeness (QED) is 0.879. The van der Waals surface area contributed by atoms with Gasteiger partial charge in [-0.1, -0.05) is 18.2 Å². The van der Waals surface area contributed by atoms with Gasteiger partial charge in [0.05, 0.1) is 25.3 Å². The van der Waals surface area contributed by atoms with Crippen molar-refractivity contribution < 1.29 is 18.7 Å². The molecule has 0 bridgehead atoms. The van der Waals surface area contributed by atoms with Gasteiger partial charge < -0.3 is 14.5 Å². The molecule has 25 heavy (non-hydrogen) atoms. The topological polar surface area (TPSA) is 78.5 Å². The highest BCUT2D eigenvalue weighted by atomic mass is 19.1. The maximum absolute atomic E-state index is 14.0. The molecule has 2 fully saturated rings. The van der Waals surface area contributed by atoms with Crippen molar-refractivity contribution in [1.82, 2.24) is 20.0 Å². The number of aromatic nitrogens is 2. The molecule has 2 saturated heterocycles. The Labute approximate surface area is 143 Å². The van der Waals surface area contributed by atoms with Gasteiger partial charge in [-0.05, 0) is 6.07 Å². The Morgan fingerprint density at radius 2 is 2.00 bits per heavy atom. The molecule has 132 valence electrons. The van der Waals surface area contributed by atoms with Gasteiger partial charge in [0, 0.05) is 24.9 Å². The van der Waals surface area contributed by atoms with E-state index in [0.29, 0.717) is 31.7 Å². The summed E-state index contributed by atoms with van der Waals surface area (Å²) in [5, 5.41) is 7.57. The molecule has 1 aromatic heterocycles. The number of para-hydroxylation sites is 1. The molecule has 4 rings (SSSR count). The number of ether oxygens (including phenoxy) is 1. The van der Waals surface area contributed by atoms with Crippen molar-refractivity contribution in [3.05, 3.63) is 30.0 Å². The molecule has 2 aliphatic rings. The number of nitrogens with zero attached hydrogens (tertiary/aromatic N) is 3. The van der Waals surface area contributed by atoms with Gasteiger partial charge in [-0.2, -0.15) is 5.10 Å². The molecule has 2 amide bonds. The molecule has 0 aliphatic carbocycles. The van der Waals surface area contributed by atoms with Gasteiger partial charge in [-0.25, -0.2) is 4.39 Å². The minimum Gasteiger partial charge on any atom is -0.378 e. The van der Waals surface area contributed by atoms with Gasteiger partial charge in [0.25, 0.3) is 5.91 Å². The van der Waals surface area contributed by atoms with Crippen LogP contribution in [0, 0.1) is 0 Å². The first-order valence-corrected chi connectivity index (χ1v) is 8.40. The molecule has 2 aromatic rings. The Kier molecular flexibility index (Phi) is 4.12. The fraction of sp³-hybridized carbons (Fsp3) is 0.471. The van der Waals surface area contributed by atoms with Gasteiger partial charge in [-0.3, -0.25) is 14.7 Å². The standard InChI is InChI=1S/C17H19FN4O3/c18-11-9-14(16(23)21-5-7-25-8-6-21)22(10-11)17(24)15-12-3-1-2-4-13(12)19-20-15/h1-4,11,14H,5-10H2,(H,19,20)/t11-,14-/m0/s1. The molecule has 8 heteroatoms. The lowest BCUT2D eigenvalue weighted by Crippen LogP contribution is -2.51. The van der Waals surface area contributed by atoms with Crippen molar-refractivity contribution in [2.75, 3.05) is 32.8 Å². The molecule has 0 radical (unpaired) electrons. The van der Waals surface area contributed by atoms with Crippen LogP contribution >= 0.6 is 0 Å². The minimum absolute atomic E-state index is 0.0320. The van der Waals surface area contributed by atoms with E-state index in [0.717, 1.165) is 5.52 Å². The molecule has 1 aromatic carbocycles. The minimum atomic E-state index is -1.20. The molecule has 7 nitrogen and oxygen atoms in total. The van der Waals surface area contributed by atoms with Gasteiger partial charge in [0.15, 0.2) is 5.69 Å². The molecular formula is C17H19FN4O3. The first-order chi connectivity index (χ1) is 12.1. The van der Waals surface area contributed by atoms with Crippen LogP contribution in [0.2, 0.25) is 0 Å². The summed E-state index contributed by atoms with van der Waals surface area (Å²) in [5.74, 6) is -0.624. The van der Waals surface area contributed by atoms with Crippen LogP contribution in [0.15, 0.2) is 24.3 Å². The molecule has 0 saturated carbocycles. The fourth-order valence-corrected chi connectivity index (χ4v) is 3.50. The zero-order chi connectivity index (χ0) is 17.4. The van der Waals surface area contributed by atoms with Crippen molar-refractivity contribution >= 4 is 22.7 Å². The third-order valence-electron chi connectivity index (χ3n) is 4.79. The van der Waals surface area contributed by atoms with E-state index in [1.165, 1.54) is 4.90 Å². The second kappa shape index (κ2) is 6.44. The number of likely N-dealkylation sites (tertiary alicyclic amines) is 1. The third kappa shape index (κ3) is 2.86. The summed E-state index contributed by atoms with van der Waals surface area (Å²) < 4.78 is 19.3. The average Bonchev–Trinajstić information content (AvgIpc) is 3.25. The third-order valence-corrected chi connectivity index (χ3v) is 4.79. The summed E-state index contributed by atoms with van der Waals surface area (Å²) in [6.07, 6.45) is -1.17. The molecular weight excluding hydrogens is 327 g/mol. The predicted molar refractivity (Wildman–Crippen MR) is 87.8 cm³/mol. The Bertz CT molecular complexity index is 802. The lowest BCUT2D eigenvalue weighted by molar-refractivity contribution is -0.139. The van der Waals surface area contributed by atoms with E-state index in [9.17, 15) is 14.0 Å². The van der Waals surface area contributed by atoms with Gasteiger partial charge >= 0.3 is 0 Å². The summed E-state index contributed by atoms with van der Waals surface area (Å²) in [7, 11) is 0. The van der Waals surface area contributed by atoms with E-state index in [1.54, 1.807) is 11.0 Å². The molecule has 0 spiro atoms. The number of amides is 2. The van der Waals surface area contributed by atoms with Crippen LogP contribution in [0.1, 0.15) is 16.9 Å². The van der Waals surface area contributed by atoms with Crippen molar-refractivity contribution in [1.29, 1.82) is 0 Å². The summed E-state index contributed by atoms with van der Waals surface area (Å²) in [6.45, 7) is 1.80. The summed E-state index contributed by atoms with van der Waals surface area (Å²) in [6, 6.07) is 6.47. The second-order valence-electron chi connectivity index (χ2n) is 6.36. The zero-order valence-corrected chi connectivity index (χ0v) is 13.7. The van der Waals surface area contributed by atoms with Crippen LogP contribution in [-0.4, -0.2) is 76.9 Å². The van der Waals surface area contributed by atoms with E-state index in [-0.39, 0.29) is 24.6 Å². The van der Waals surface area contributed by atoms with Crippen molar-refractivity contribution in [2.45, 2.75) is 18.6 Å². The Hall–Kier alpha value is -2.48. The Morgan fingerprint density at radius 3 is 2.80 bits per heavy atom. The summed E-state index contributed by atoms with van der Waals surface area (Å²) in [4.78, 5) is 28.7. The number of morpholine rings is 1. The first kappa shape index (κ1) is 16.0. The largest absolute Gasteiger partial charge is 0.378 e. The second-order valence-corrected chi connectivity index (χ2v) is 6.36. The van der Waals surface area contributed by atoms with E-state index in [2.05, 4.69) is 10.2 Å². The van der Waals surface area contributed by atoms with Gasteiger partial charge in [0.1, 0.15) is 12.2 Å². The summed E-state index contributed by atoms with van der Waals surface area (Å²) in [5.41, 5.74) is 0.961. The van der Waals surface area contributed by atoms with Crippen molar-refractivity contribution in [2.24, 2.45) is 0 Å². The number of hydrogen-bond donors (Lipinski definition) is 1. The Morgan fingerprint density at radius 1 is 1.24 bits per heavy atom. The van der Waals surface area contributed by atoms with Crippen LogP contribution in [0.25, 0.3) is 10.9 Å². The number of H-pyrrole nitrogens is 1. The number of carbonyl (C=O) groups excluding carboxylic acids is 2. The fourth-order valence-electron chi connectivity index (χ4n) is 3.50. The van der Waals surface area contributed by atoms with Gasteiger partial charge in [-0.15, -0.1) is 0 Å². The monoisotopic (exact) mass is 346 g/mol. The lowest BCUT2D eigenvalue weighted by atomic mass is 10.1. The number of halogens is 1. The number of carbonyl (C=O) groups is 2. The highest BCUT2D eigenvalue weighted by molar-refractivity contribution is 6.06.